The highest BCUT2D eigenvalue weighted by Gasteiger charge is 2.25. The van der Waals surface area contributed by atoms with E-state index in [0.717, 1.165) is 30.0 Å². The lowest BCUT2D eigenvalue weighted by Crippen LogP contribution is -2.42. The van der Waals surface area contributed by atoms with E-state index >= 15 is 0 Å². The molecule has 0 unspecified atom stereocenters. The summed E-state index contributed by atoms with van der Waals surface area (Å²) in [4.78, 5) is 20.1. The molecular weight excluding hydrogens is 228 g/mol. The van der Waals surface area contributed by atoms with Crippen molar-refractivity contribution >= 4 is 11.7 Å². The smallest absolute Gasteiger partial charge is 0.319 e. The van der Waals surface area contributed by atoms with Gasteiger partial charge < -0.3 is 14.2 Å². The highest BCUT2D eigenvalue weighted by Crippen LogP contribution is 2.20. The molecule has 18 heavy (non-hydrogen) atoms. The van der Waals surface area contributed by atoms with Gasteiger partial charge in [0.1, 0.15) is 5.65 Å². The molecule has 0 saturated carbocycles. The Balaban J connectivity index is 1.99. The van der Waals surface area contributed by atoms with E-state index in [1.54, 1.807) is 19.0 Å². The predicted molar refractivity (Wildman–Crippen MR) is 68.4 cm³/mol. The number of hydrogen-bond donors (Lipinski definition) is 0. The van der Waals surface area contributed by atoms with Crippen molar-refractivity contribution in [2.45, 2.75) is 13.0 Å². The summed E-state index contributed by atoms with van der Waals surface area (Å²) in [7, 11) is 3.57. The van der Waals surface area contributed by atoms with Gasteiger partial charge in [-0.3, -0.25) is 0 Å². The van der Waals surface area contributed by atoms with Crippen LogP contribution >= 0.6 is 0 Å². The zero-order valence-electron chi connectivity index (χ0n) is 10.6. The maximum atomic E-state index is 12.0. The van der Waals surface area contributed by atoms with E-state index in [1.807, 2.05) is 29.3 Å². The Morgan fingerprint density at radius 1 is 1.39 bits per heavy atom. The molecule has 0 fully saturated rings. The van der Waals surface area contributed by atoms with Crippen LogP contribution in [0, 0.1) is 0 Å². The third-order valence-electron chi connectivity index (χ3n) is 3.32. The number of pyridine rings is 1. The zero-order valence-corrected chi connectivity index (χ0v) is 10.6. The van der Waals surface area contributed by atoms with Crippen LogP contribution in [-0.2, 0) is 13.0 Å². The summed E-state index contributed by atoms with van der Waals surface area (Å²) in [6.45, 7) is 1.38. The molecule has 0 N–H and O–H groups in total. The number of carbonyl (C=O) groups excluding carboxylic acids is 1. The van der Waals surface area contributed by atoms with Crippen molar-refractivity contribution in [2.75, 3.05) is 20.6 Å². The topological polar surface area (TPSA) is 40.9 Å². The van der Waals surface area contributed by atoms with Crippen LogP contribution < -0.4 is 0 Å². The lowest BCUT2D eigenvalue weighted by Gasteiger charge is -2.29. The highest BCUT2D eigenvalue weighted by atomic mass is 16.2. The molecule has 0 aromatic carbocycles. The van der Waals surface area contributed by atoms with Crippen LogP contribution in [0.4, 0.5) is 4.79 Å². The molecule has 5 heteroatoms. The molecule has 0 spiro atoms. The van der Waals surface area contributed by atoms with Crippen LogP contribution in [0.1, 0.15) is 11.4 Å². The summed E-state index contributed by atoms with van der Waals surface area (Å²) >= 11 is 0. The number of fused-ring (bicyclic) bond motifs is 3. The van der Waals surface area contributed by atoms with Crippen molar-refractivity contribution in [1.82, 2.24) is 19.2 Å². The first-order valence-corrected chi connectivity index (χ1v) is 6.08. The molecule has 0 radical (unpaired) electrons. The fourth-order valence-electron chi connectivity index (χ4n) is 2.41. The van der Waals surface area contributed by atoms with Crippen molar-refractivity contribution in [3.05, 3.63) is 35.8 Å². The maximum Gasteiger partial charge on any atom is 0.319 e. The maximum absolute atomic E-state index is 12.0. The Kier molecular flexibility index (Phi) is 2.47. The first-order valence-electron chi connectivity index (χ1n) is 6.08. The van der Waals surface area contributed by atoms with E-state index in [0.29, 0.717) is 6.54 Å². The van der Waals surface area contributed by atoms with Gasteiger partial charge in [-0.15, -0.1) is 0 Å². The fraction of sp³-hybridized carbons (Fsp3) is 0.385. The Hall–Kier alpha value is -2.04. The van der Waals surface area contributed by atoms with Crippen LogP contribution in [0.2, 0.25) is 0 Å². The molecule has 0 atom stereocenters. The first kappa shape index (κ1) is 11.1. The average Bonchev–Trinajstić information content (AvgIpc) is 2.75. The molecule has 3 rings (SSSR count). The van der Waals surface area contributed by atoms with Gasteiger partial charge in [0.2, 0.25) is 0 Å². The quantitative estimate of drug-likeness (QED) is 0.702. The Labute approximate surface area is 106 Å². The number of hydrogen-bond acceptors (Lipinski definition) is 2. The second-order valence-corrected chi connectivity index (χ2v) is 4.78. The van der Waals surface area contributed by atoms with Crippen molar-refractivity contribution < 1.29 is 4.79 Å². The fourth-order valence-corrected chi connectivity index (χ4v) is 2.41. The minimum Gasteiger partial charge on any atom is -0.331 e. The van der Waals surface area contributed by atoms with Gasteiger partial charge in [-0.25, -0.2) is 9.78 Å². The van der Waals surface area contributed by atoms with Crippen molar-refractivity contribution in [2.24, 2.45) is 0 Å². The first-order chi connectivity index (χ1) is 8.66. The zero-order chi connectivity index (χ0) is 12.7. The van der Waals surface area contributed by atoms with Crippen LogP contribution in [0.15, 0.2) is 24.4 Å². The van der Waals surface area contributed by atoms with Gasteiger partial charge in [0, 0.05) is 33.3 Å². The third-order valence-corrected chi connectivity index (χ3v) is 3.32. The summed E-state index contributed by atoms with van der Waals surface area (Å²) in [6, 6.07) is 6.03. The number of imidazole rings is 1. The molecule has 2 amide bonds. The Bertz CT molecular complexity index is 602. The van der Waals surface area contributed by atoms with Crippen LogP contribution in [0.25, 0.3) is 5.65 Å². The van der Waals surface area contributed by atoms with E-state index in [1.165, 1.54) is 0 Å². The summed E-state index contributed by atoms with van der Waals surface area (Å²) < 4.78 is 2.07. The van der Waals surface area contributed by atoms with Gasteiger partial charge in [0.25, 0.3) is 0 Å². The van der Waals surface area contributed by atoms with Gasteiger partial charge in [0.15, 0.2) is 0 Å². The standard InChI is InChI=1S/C13H16N4O/c1-15(2)13(18)16-8-6-10-11(9-16)17-7-4-3-5-12(17)14-10/h3-5,7H,6,8-9H2,1-2H3. The molecule has 0 aliphatic carbocycles. The minimum atomic E-state index is 0.0616. The van der Waals surface area contributed by atoms with E-state index < -0.39 is 0 Å². The number of amides is 2. The molecular formula is C13H16N4O. The van der Waals surface area contributed by atoms with E-state index in [4.69, 9.17) is 0 Å². The molecule has 3 heterocycles. The molecule has 94 valence electrons. The number of urea groups is 1. The van der Waals surface area contributed by atoms with Crippen molar-refractivity contribution in [1.29, 1.82) is 0 Å². The van der Waals surface area contributed by atoms with Crippen LogP contribution in [-0.4, -0.2) is 45.9 Å². The monoisotopic (exact) mass is 244 g/mol. The number of nitrogens with zero attached hydrogens (tertiary/aromatic N) is 4. The molecule has 0 saturated heterocycles. The number of aromatic nitrogens is 2. The lowest BCUT2D eigenvalue weighted by atomic mass is 10.1. The second kappa shape index (κ2) is 4.01. The van der Waals surface area contributed by atoms with Gasteiger partial charge in [-0.05, 0) is 12.1 Å². The van der Waals surface area contributed by atoms with E-state index in [2.05, 4.69) is 9.38 Å². The van der Waals surface area contributed by atoms with Crippen LogP contribution in [0.5, 0.6) is 0 Å². The second-order valence-electron chi connectivity index (χ2n) is 4.78. The summed E-state index contributed by atoms with van der Waals surface area (Å²) in [5.74, 6) is 0. The SMILES string of the molecule is CN(C)C(=O)N1CCc2nc3ccccn3c2C1. The molecule has 5 nitrogen and oxygen atoms in total. The average molecular weight is 244 g/mol. The molecule has 2 aromatic rings. The van der Waals surface area contributed by atoms with Gasteiger partial charge in [0.05, 0.1) is 17.9 Å². The number of carbonyl (C=O) groups is 1. The largest absolute Gasteiger partial charge is 0.331 e. The van der Waals surface area contributed by atoms with Crippen LogP contribution in [0.3, 0.4) is 0 Å². The van der Waals surface area contributed by atoms with Gasteiger partial charge in [-0.2, -0.15) is 0 Å². The summed E-state index contributed by atoms with van der Waals surface area (Å²) in [5.41, 5.74) is 3.21. The van der Waals surface area contributed by atoms with E-state index in [9.17, 15) is 4.79 Å². The van der Waals surface area contributed by atoms with Crippen molar-refractivity contribution in [3.63, 3.8) is 0 Å². The Morgan fingerprint density at radius 3 is 3.00 bits per heavy atom. The van der Waals surface area contributed by atoms with Gasteiger partial charge >= 0.3 is 6.03 Å². The number of rotatable bonds is 0. The summed E-state index contributed by atoms with van der Waals surface area (Å²) in [6.07, 6.45) is 2.83. The van der Waals surface area contributed by atoms with E-state index in [-0.39, 0.29) is 6.03 Å². The normalized spacial score (nSPS) is 14.7. The molecule has 1 aliphatic heterocycles. The lowest BCUT2D eigenvalue weighted by molar-refractivity contribution is 0.164. The Morgan fingerprint density at radius 2 is 2.22 bits per heavy atom. The summed E-state index contributed by atoms with van der Waals surface area (Å²) in [5, 5.41) is 0. The predicted octanol–water partition coefficient (Wildman–Crippen LogP) is 1.37. The molecule has 1 aliphatic rings. The third kappa shape index (κ3) is 1.63. The van der Waals surface area contributed by atoms with Crippen molar-refractivity contribution in [3.8, 4) is 0 Å². The molecule has 2 aromatic heterocycles. The highest BCUT2D eigenvalue weighted by molar-refractivity contribution is 5.74. The van der Waals surface area contributed by atoms with Gasteiger partial charge in [-0.1, -0.05) is 6.07 Å². The molecule has 0 bridgehead atoms. The minimum absolute atomic E-state index is 0.0616.